The van der Waals surface area contributed by atoms with Crippen molar-refractivity contribution in [3.05, 3.63) is 46.1 Å². The Morgan fingerprint density at radius 3 is 2.38 bits per heavy atom. The molecule has 2 aromatic heterocycles. The molecule has 0 aliphatic heterocycles. The number of benzene rings is 1. The maximum Gasteiger partial charge on any atom is 0.225 e. The van der Waals surface area contributed by atoms with Crippen LogP contribution in [0.2, 0.25) is 10.4 Å². The fourth-order valence-electron chi connectivity index (χ4n) is 6.76. The summed E-state index contributed by atoms with van der Waals surface area (Å²) in [5.41, 5.74) is 3.48. The SMILES string of the molecule is Oc1cc(Cn2cnc3c(Cl)nc(Cl)nc32)ccc1C12CC3CC(CC(C3)C1)C2. The highest BCUT2D eigenvalue weighted by Gasteiger charge is 2.52. The van der Waals surface area contributed by atoms with E-state index < -0.39 is 0 Å². The Labute approximate surface area is 179 Å². The first-order valence-corrected chi connectivity index (χ1v) is 11.1. The van der Waals surface area contributed by atoms with Gasteiger partial charge in [-0.25, -0.2) is 9.97 Å². The summed E-state index contributed by atoms with van der Waals surface area (Å²) in [7, 11) is 0. The van der Waals surface area contributed by atoms with Crippen molar-refractivity contribution < 1.29 is 5.11 Å². The summed E-state index contributed by atoms with van der Waals surface area (Å²) in [5.74, 6) is 2.99. The molecule has 5 nitrogen and oxygen atoms in total. The molecule has 4 fully saturated rings. The lowest BCUT2D eigenvalue weighted by Gasteiger charge is -2.57. The lowest BCUT2D eigenvalue weighted by atomic mass is 9.48. The highest BCUT2D eigenvalue weighted by Crippen LogP contribution is 2.61. The first-order chi connectivity index (χ1) is 14.0. The van der Waals surface area contributed by atoms with Gasteiger partial charge >= 0.3 is 0 Å². The Kier molecular flexibility index (Phi) is 3.92. The second-order valence-electron chi connectivity index (χ2n) is 9.38. The van der Waals surface area contributed by atoms with Gasteiger partial charge in [0.2, 0.25) is 5.28 Å². The number of phenols is 1. The summed E-state index contributed by atoms with van der Waals surface area (Å²) >= 11 is 12.1. The van der Waals surface area contributed by atoms with Crippen LogP contribution in [0.25, 0.3) is 11.2 Å². The topological polar surface area (TPSA) is 63.8 Å². The number of hydrogen-bond acceptors (Lipinski definition) is 4. The smallest absolute Gasteiger partial charge is 0.225 e. The number of phenolic OH excluding ortho intramolecular Hbond substituents is 1. The predicted molar refractivity (Wildman–Crippen MR) is 112 cm³/mol. The standard InChI is InChI=1S/C22H22Cl2N4O/c23-19-18-20(27-21(24)26-19)28(11-25-18)10-12-1-2-16(17(29)6-12)22-7-13-3-14(8-22)5-15(4-13)9-22/h1-2,6,11,13-15,29H,3-5,7-10H2. The average Bonchev–Trinajstić information content (AvgIpc) is 3.03. The number of hydrogen-bond donors (Lipinski definition) is 1. The van der Waals surface area contributed by atoms with E-state index >= 15 is 0 Å². The summed E-state index contributed by atoms with van der Waals surface area (Å²) in [6.07, 6.45) is 9.62. The Morgan fingerprint density at radius 2 is 1.72 bits per heavy atom. The Morgan fingerprint density at radius 1 is 1.03 bits per heavy atom. The van der Waals surface area contributed by atoms with Gasteiger partial charge in [-0.2, -0.15) is 4.98 Å². The number of fused-ring (bicyclic) bond motifs is 1. The van der Waals surface area contributed by atoms with Gasteiger partial charge in [-0.3, -0.25) is 0 Å². The van der Waals surface area contributed by atoms with Gasteiger partial charge in [-0.15, -0.1) is 0 Å². The quantitative estimate of drug-likeness (QED) is 0.450. The molecule has 4 bridgehead atoms. The predicted octanol–water partition coefficient (Wildman–Crippen LogP) is 5.35. The van der Waals surface area contributed by atoms with Crippen LogP contribution in [0.15, 0.2) is 24.5 Å². The van der Waals surface area contributed by atoms with Crippen molar-refractivity contribution in [2.24, 2.45) is 17.8 Å². The maximum atomic E-state index is 11.0. The monoisotopic (exact) mass is 428 g/mol. The molecule has 0 unspecified atom stereocenters. The molecule has 150 valence electrons. The van der Waals surface area contributed by atoms with E-state index in [9.17, 15) is 5.11 Å². The molecule has 0 spiro atoms. The first kappa shape index (κ1) is 18.0. The van der Waals surface area contributed by atoms with Crippen molar-refractivity contribution in [1.29, 1.82) is 0 Å². The van der Waals surface area contributed by atoms with Crippen LogP contribution in [0.3, 0.4) is 0 Å². The molecule has 3 aromatic rings. The van der Waals surface area contributed by atoms with Gasteiger partial charge in [0.05, 0.1) is 12.9 Å². The summed E-state index contributed by atoms with van der Waals surface area (Å²) in [4.78, 5) is 12.5. The largest absolute Gasteiger partial charge is 0.508 e. The minimum Gasteiger partial charge on any atom is -0.508 e. The summed E-state index contributed by atoms with van der Waals surface area (Å²) in [6, 6.07) is 6.19. The minimum absolute atomic E-state index is 0.101. The van der Waals surface area contributed by atoms with Gasteiger partial charge in [0.15, 0.2) is 10.8 Å². The highest BCUT2D eigenvalue weighted by molar-refractivity contribution is 6.35. The van der Waals surface area contributed by atoms with E-state index in [1.54, 1.807) is 6.33 Å². The van der Waals surface area contributed by atoms with Crippen LogP contribution < -0.4 is 0 Å². The Balaban J connectivity index is 1.33. The van der Waals surface area contributed by atoms with Crippen LogP contribution in [0.1, 0.15) is 49.7 Å². The van der Waals surface area contributed by atoms with Crippen molar-refractivity contribution in [1.82, 2.24) is 19.5 Å². The van der Waals surface area contributed by atoms with Gasteiger partial charge in [-0.05, 0) is 84.9 Å². The molecule has 2 heterocycles. The van der Waals surface area contributed by atoms with E-state index in [0.717, 1.165) is 28.9 Å². The van der Waals surface area contributed by atoms with Gasteiger partial charge in [0.25, 0.3) is 0 Å². The number of halogens is 2. The molecule has 29 heavy (non-hydrogen) atoms. The van der Waals surface area contributed by atoms with E-state index in [1.165, 1.54) is 38.5 Å². The molecule has 7 heteroatoms. The fourth-order valence-corrected chi connectivity index (χ4v) is 7.18. The van der Waals surface area contributed by atoms with E-state index in [-0.39, 0.29) is 15.9 Å². The number of nitrogens with zero attached hydrogens (tertiary/aromatic N) is 4. The third kappa shape index (κ3) is 2.85. The molecule has 7 rings (SSSR count). The molecule has 1 aromatic carbocycles. The third-order valence-electron chi connectivity index (χ3n) is 7.42. The van der Waals surface area contributed by atoms with E-state index in [0.29, 0.717) is 23.5 Å². The van der Waals surface area contributed by atoms with Crippen LogP contribution in [0.5, 0.6) is 5.75 Å². The minimum atomic E-state index is 0.101. The molecule has 0 radical (unpaired) electrons. The van der Waals surface area contributed by atoms with Crippen LogP contribution in [-0.2, 0) is 12.0 Å². The molecule has 4 aliphatic rings. The van der Waals surface area contributed by atoms with Gasteiger partial charge < -0.3 is 9.67 Å². The van der Waals surface area contributed by atoms with Crippen molar-refractivity contribution in [3.8, 4) is 5.75 Å². The Bertz CT molecular complexity index is 1090. The highest BCUT2D eigenvalue weighted by atomic mass is 35.5. The van der Waals surface area contributed by atoms with Crippen LogP contribution in [-0.4, -0.2) is 24.6 Å². The zero-order valence-electron chi connectivity index (χ0n) is 16.0. The number of aromatic hydroxyl groups is 1. The first-order valence-electron chi connectivity index (χ1n) is 10.4. The molecular weight excluding hydrogens is 407 g/mol. The van der Waals surface area contributed by atoms with E-state index in [1.807, 2.05) is 10.6 Å². The van der Waals surface area contributed by atoms with Gasteiger partial charge in [0, 0.05) is 5.56 Å². The molecule has 0 saturated heterocycles. The van der Waals surface area contributed by atoms with Gasteiger partial charge in [0.1, 0.15) is 11.3 Å². The van der Waals surface area contributed by atoms with Crippen molar-refractivity contribution in [3.63, 3.8) is 0 Å². The van der Waals surface area contributed by atoms with Crippen LogP contribution >= 0.6 is 23.2 Å². The third-order valence-corrected chi connectivity index (χ3v) is 7.85. The molecular formula is C22H22Cl2N4O. The fraction of sp³-hybridized carbons (Fsp3) is 0.500. The zero-order chi connectivity index (χ0) is 19.8. The molecule has 0 atom stereocenters. The summed E-state index contributed by atoms with van der Waals surface area (Å²) in [5, 5.41) is 11.3. The van der Waals surface area contributed by atoms with E-state index in [4.69, 9.17) is 23.2 Å². The van der Waals surface area contributed by atoms with Crippen molar-refractivity contribution in [2.75, 3.05) is 0 Å². The average molecular weight is 429 g/mol. The van der Waals surface area contributed by atoms with Gasteiger partial charge in [-0.1, -0.05) is 23.7 Å². The normalized spacial score (nSPS) is 30.3. The van der Waals surface area contributed by atoms with Crippen molar-refractivity contribution >= 4 is 34.4 Å². The molecule has 4 aliphatic carbocycles. The number of aromatic nitrogens is 4. The number of imidazole rings is 1. The maximum absolute atomic E-state index is 11.0. The number of rotatable bonds is 3. The van der Waals surface area contributed by atoms with Crippen molar-refractivity contribution in [2.45, 2.75) is 50.5 Å². The molecule has 0 amide bonds. The Hall–Kier alpha value is -1.85. The summed E-state index contributed by atoms with van der Waals surface area (Å²) < 4.78 is 1.88. The summed E-state index contributed by atoms with van der Waals surface area (Å²) in [6.45, 7) is 0.537. The molecule has 4 saturated carbocycles. The second kappa shape index (κ2) is 6.32. The van der Waals surface area contributed by atoms with Crippen LogP contribution in [0.4, 0.5) is 0 Å². The van der Waals surface area contributed by atoms with E-state index in [2.05, 4.69) is 27.1 Å². The lowest BCUT2D eigenvalue weighted by molar-refractivity contribution is -0.00614. The van der Waals surface area contributed by atoms with Crippen LogP contribution in [0, 0.1) is 17.8 Å². The zero-order valence-corrected chi connectivity index (χ0v) is 17.5. The lowest BCUT2D eigenvalue weighted by Crippen LogP contribution is -2.48. The molecule has 1 N–H and O–H groups in total. The second-order valence-corrected chi connectivity index (χ2v) is 10.1.